The number of halogens is 1. The zero-order valence-corrected chi connectivity index (χ0v) is 10.1. The molecule has 1 aliphatic rings. The molecule has 1 saturated carbocycles. The van der Waals surface area contributed by atoms with Crippen molar-refractivity contribution < 1.29 is 0 Å². The number of hydrogen-bond donors (Lipinski definition) is 0. The minimum atomic E-state index is 0.760. The molecule has 0 amide bonds. The Bertz CT molecular complexity index is 288. The monoisotopic (exact) mass is 253 g/mol. The van der Waals surface area contributed by atoms with Crippen LogP contribution in [0.1, 0.15) is 25.7 Å². The predicted molar refractivity (Wildman–Crippen MR) is 64.8 cm³/mol. The summed E-state index contributed by atoms with van der Waals surface area (Å²) in [6, 6.07) is 9.35. The van der Waals surface area contributed by atoms with E-state index >= 15 is 0 Å². The molecule has 0 N–H and O–H groups in total. The van der Waals surface area contributed by atoms with Crippen LogP contribution in [0.3, 0.4) is 0 Å². The highest BCUT2D eigenvalue weighted by Crippen LogP contribution is 2.27. The molecule has 1 nitrogen and oxygen atoms in total. The number of rotatable bonds is 2. The average molecular weight is 254 g/mol. The SMILES string of the molecule is CN(c1ccc(Br)cc1)C1CCCC1. The van der Waals surface area contributed by atoms with Crippen molar-refractivity contribution in [3.05, 3.63) is 28.7 Å². The van der Waals surface area contributed by atoms with Gasteiger partial charge in [0.15, 0.2) is 0 Å². The molecule has 0 heterocycles. The summed E-state index contributed by atoms with van der Waals surface area (Å²) in [6.45, 7) is 0. The van der Waals surface area contributed by atoms with Gasteiger partial charge in [-0.15, -0.1) is 0 Å². The van der Waals surface area contributed by atoms with E-state index in [0.29, 0.717) is 0 Å². The summed E-state index contributed by atoms with van der Waals surface area (Å²) < 4.78 is 1.15. The van der Waals surface area contributed by atoms with E-state index in [4.69, 9.17) is 0 Å². The summed E-state index contributed by atoms with van der Waals surface area (Å²) in [6.07, 6.45) is 5.50. The standard InChI is InChI=1S/C12H16BrN/c1-14(11-4-2-3-5-11)12-8-6-10(13)7-9-12/h6-9,11H,2-5H2,1H3. The van der Waals surface area contributed by atoms with Crippen LogP contribution in [-0.2, 0) is 0 Å². The van der Waals surface area contributed by atoms with Gasteiger partial charge in [0.2, 0.25) is 0 Å². The molecule has 2 rings (SSSR count). The molecule has 76 valence electrons. The quantitative estimate of drug-likeness (QED) is 0.775. The number of anilines is 1. The van der Waals surface area contributed by atoms with E-state index in [1.807, 2.05) is 0 Å². The van der Waals surface area contributed by atoms with Crippen LogP contribution in [0.4, 0.5) is 5.69 Å². The van der Waals surface area contributed by atoms with Gasteiger partial charge in [-0.2, -0.15) is 0 Å². The Morgan fingerprint density at radius 1 is 1.14 bits per heavy atom. The van der Waals surface area contributed by atoms with Crippen LogP contribution in [0.15, 0.2) is 28.7 Å². The van der Waals surface area contributed by atoms with E-state index in [1.165, 1.54) is 31.4 Å². The molecule has 0 saturated heterocycles. The predicted octanol–water partition coefficient (Wildman–Crippen LogP) is 3.83. The molecule has 14 heavy (non-hydrogen) atoms. The third kappa shape index (κ3) is 2.11. The zero-order chi connectivity index (χ0) is 9.97. The van der Waals surface area contributed by atoms with Gasteiger partial charge in [0.05, 0.1) is 0 Å². The molecule has 0 unspecified atom stereocenters. The Kier molecular flexibility index (Phi) is 3.12. The van der Waals surface area contributed by atoms with Crippen molar-refractivity contribution in [2.24, 2.45) is 0 Å². The highest BCUT2D eigenvalue weighted by atomic mass is 79.9. The molecule has 1 fully saturated rings. The maximum atomic E-state index is 3.46. The maximum Gasteiger partial charge on any atom is 0.0366 e. The highest BCUT2D eigenvalue weighted by Gasteiger charge is 2.19. The van der Waals surface area contributed by atoms with Crippen molar-refractivity contribution in [1.29, 1.82) is 0 Å². The summed E-state index contributed by atoms with van der Waals surface area (Å²) in [5.74, 6) is 0. The molecule has 0 bridgehead atoms. The van der Waals surface area contributed by atoms with Crippen LogP contribution in [0.2, 0.25) is 0 Å². The minimum Gasteiger partial charge on any atom is -0.372 e. The first kappa shape index (κ1) is 10.0. The van der Waals surface area contributed by atoms with Gasteiger partial charge in [0, 0.05) is 23.2 Å². The Labute approximate surface area is 94.2 Å². The Hall–Kier alpha value is -0.500. The maximum absolute atomic E-state index is 3.46. The van der Waals surface area contributed by atoms with E-state index in [1.54, 1.807) is 0 Å². The lowest BCUT2D eigenvalue weighted by Crippen LogP contribution is -2.28. The molecular weight excluding hydrogens is 238 g/mol. The fourth-order valence-electron chi connectivity index (χ4n) is 2.18. The average Bonchev–Trinajstić information content (AvgIpc) is 2.71. The van der Waals surface area contributed by atoms with E-state index < -0.39 is 0 Å². The van der Waals surface area contributed by atoms with Crippen LogP contribution in [0.25, 0.3) is 0 Å². The summed E-state index contributed by atoms with van der Waals surface area (Å²) in [5.41, 5.74) is 1.33. The van der Waals surface area contributed by atoms with Gasteiger partial charge in [0.25, 0.3) is 0 Å². The zero-order valence-electron chi connectivity index (χ0n) is 8.54. The second-order valence-corrected chi connectivity index (χ2v) is 4.94. The van der Waals surface area contributed by atoms with Crippen LogP contribution >= 0.6 is 15.9 Å². The molecule has 0 aliphatic heterocycles. The first-order valence-corrected chi connectivity index (χ1v) is 6.05. The molecular formula is C12H16BrN. The van der Waals surface area contributed by atoms with E-state index in [-0.39, 0.29) is 0 Å². The number of benzene rings is 1. The van der Waals surface area contributed by atoms with Crippen molar-refractivity contribution in [2.75, 3.05) is 11.9 Å². The second-order valence-electron chi connectivity index (χ2n) is 4.03. The smallest absolute Gasteiger partial charge is 0.0366 e. The first-order valence-electron chi connectivity index (χ1n) is 5.26. The molecule has 2 heteroatoms. The first-order chi connectivity index (χ1) is 6.77. The Morgan fingerprint density at radius 2 is 1.71 bits per heavy atom. The third-order valence-electron chi connectivity index (χ3n) is 3.11. The van der Waals surface area contributed by atoms with Gasteiger partial charge in [-0.05, 0) is 37.1 Å². The molecule has 1 aromatic rings. The Balaban J connectivity index is 2.09. The Morgan fingerprint density at radius 3 is 2.29 bits per heavy atom. The van der Waals surface area contributed by atoms with Gasteiger partial charge < -0.3 is 4.90 Å². The lowest BCUT2D eigenvalue weighted by molar-refractivity contribution is 0.653. The van der Waals surface area contributed by atoms with Crippen molar-refractivity contribution in [3.8, 4) is 0 Å². The summed E-state index contributed by atoms with van der Waals surface area (Å²) >= 11 is 3.46. The number of hydrogen-bond acceptors (Lipinski definition) is 1. The summed E-state index contributed by atoms with van der Waals surface area (Å²) in [7, 11) is 2.21. The molecule has 1 aromatic carbocycles. The fourth-order valence-corrected chi connectivity index (χ4v) is 2.44. The van der Waals surface area contributed by atoms with E-state index in [2.05, 4.69) is 52.1 Å². The fraction of sp³-hybridized carbons (Fsp3) is 0.500. The van der Waals surface area contributed by atoms with Gasteiger partial charge in [0.1, 0.15) is 0 Å². The third-order valence-corrected chi connectivity index (χ3v) is 3.63. The van der Waals surface area contributed by atoms with Crippen molar-refractivity contribution in [1.82, 2.24) is 0 Å². The normalized spacial score (nSPS) is 17.3. The lowest BCUT2D eigenvalue weighted by Gasteiger charge is -2.26. The van der Waals surface area contributed by atoms with Gasteiger partial charge >= 0.3 is 0 Å². The van der Waals surface area contributed by atoms with Crippen LogP contribution in [0.5, 0.6) is 0 Å². The lowest BCUT2D eigenvalue weighted by atomic mass is 10.2. The van der Waals surface area contributed by atoms with Gasteiger partial charge in [-0.1, -0.05) is 28.8 Å². The summed E-state index contributed by atoms with van der Waals surface area (Å²) in [4.78, 5) is 2.42. The van der Waals surface area contributed by atoms with Crippen LogP contribution < -0.4 is 4.90 Å². The molecule has 0 radical (unpaired) electrons. The van der Waals surface area contributed by atoms with Gasteiger partial charge in [-0.3, -0.25) is 0 Å². The highest BCUT2D eigenvalue weighted by molar-refractivity contribution is 9.10. The molecule has 0 atom stereocenters. The molecule has 0 aromatic heterocycles. The van der Waals surface area contributed by atoms with Crippen molar-refractivity contribution in [3.63, 3.8) is 0 Å². The minimum absolute atomic E-state index is 0.760. The summed E-state index contributed by atoms with van der Waals surface area (Å²) in [5, 5.41) is 0. The van der Waals surface area contributed by atoms with E-state index in [0.717, 1.165) is 10.5 Å². The largest absolute Gasteiger partial charge is 0.372 e. The van der Waals surface area contributed by atoms with Crippen molar-refractivity contribution in [2.45, 2.75) is 31.7 Å². The van der Waals surface area contributed by atoms with Crippen molar-refractivity contribution >= 4 is 21.6 Å². The number of nitrogens with zero attached hydrogens (tertiary/aromatic N) is 1. The topological polar surface area (TPSA) is 3.24 Å². The molecule has 0 spiro atoms. The van der Waals surface area contributed by atoms with Gasteiger partial charge in [-0.25, -0.2) is 0 Å². The van der Waals surface area contributed by atoms with E-state index in [9.17, 15) is 0 Å². The van der Waals surface area contributed by atoms with Crippen LogP contribution in [0, 0.1) is 0 Å². The molecule has 1 aliphatic carbocycles. The second kappa shape index (κ2) is 4.35. The van der Waals surface area contributed by atoms with Crippen LogP contribution in [-0.4, -0.2) is 13.1 Å².